The molecule has 2 aliphatic carbocycles. The van der Waals surface area contributed by atoms with Gasteiger partial charge in [-0.2, -0.15) is 0 Å². The zero-order valence-corrected chi connectivity index (χ0v) is 13.4. The molecule has 1 aliphatic heterocycles. The highest BCUT2D eigenvalue weighted by Gasteiger charge is 2.59. The van der Waals surface area contributed by atoms with Gasteiger partial charge in [0.05, 0.1) is 0 Å². The van der Waals surface area contributed by atoms with Crippen LogP contribution in [-0.4, -0.2) is 26.8 Å². The lowest BCUT2D eigenvalue weighted by Gasteiger charge is -2.56. The molecule has 0 N–H and O–H groups in total. The maximum Gasteiger partial charge on any atom is 0.183 e. The molecule has 3 nitrogen and oxygen atoms in total. The van der Waals surface area contributed by atoms with Crippen molar-refractivity contribution in [1.82, 2.24) is 0 Å². The summed E-state index contributed by atoms with van der Waals surface area (Å²) >= 11 is 0. The van der Waals surface area contributed by atoms with Crippen LogP contribution in [0.2, 0.25) is 0 Å². The average Bonchev–Trinajstić information content (AvgIpc) is 2.77. The van der Waals surface area contributed by atoms with Gasteiger partial charge in [-0.15, -0.1) is 0 Å². The van der Waals surface area contributed by atoms with Crippen LogP contribution < -0.4 is 0 Å². The van der Waals surface area contributed by atoms with Gasteiger partial charge in [0.25, 0.3) is 0 Å². The molecule has 114 valence electrons. The predicted octanol–water partition coefficient (Wildman–Crippen LogP) is 3.74. The van der Waals surface area contributed by atoms with Crippen molar-refractivity contribution in [2.24, 2.45) is 22.7 Å². The van der Waals surface area contributed by atoms with E-state index in [1.807, 2.05) is 0 Å². The van der Waals surface area contributed by atoms with E-state index >= 15 is 0 Å². The van der Waals surface area contributed by atoms with Crippen LogP contribution in [0.15, 0.2) is 11.6 Å². The summed E-state index contributed by atoms with van der Waals surface area (Å²) < 4.78 is 17.1. The zero-order valence-electron chi connectivity index (χ0n) is 13.4. The van der Waals surface area contributed by atoms with Crippen molar-refractivity contribution >= 4 is 0 Å². The SMILES string of the molecule is COC1OC(OC)C2C1=CCC1C(C)(C)CCC[C@]21C. The van der Waals surface area contributed by atoms with Crippen LogP contribution in [0.5, 0.6) is 0 Å². The van der Waals surface area contributed by atoms with Crippen molar-refractivity contribution in [3.8, 4) is 0 Å². The normalized spacial score (nSPS) is 46.5. The molecule has 1 saturated carbocycles. The molecule has 0 bridgehead atoms. The number of hydrogen-bond donors (Lipinski definition) is 0. The van der Waals surface area contributed by atoms with Gasteiger partial charge in [-0.25, -0.2) is 0 Å². The van der Waals surface area contributed by atoms with Gasteiger partial charge < -0.3 is 14.2 Å². The monoisotopic (exact) mass is 280 g/mol. The van der Waals surface area contributed by atoms with Crippen LogP contribution in [-0.2, 0) is 14.2 Å². The smallest absolute Gasteiger partial charge is 0.183 e. The molecule has 0 aromatic rings. The summed E-state index contributed by atoms with van der Waals surface area (Å²) in [7, 11) is 3.47. The molecule has 3 heteroatoms. The molecule has 4 unspecified atom stereocenters. The highest BCUT2D eigenvalue weighted by molar-refractivity contribution is 5.25. The fourth-order valence-corrected chi connectivity index (χ4v) is 5.26. The van der Waals surface area contributed by atoms with E-state index in [0.717, 1.165) is 6.42 Å². The first-order chi connectivity index (χ1) is 9.44. The lowest BCUT2D eigenvalue weighted by Crippen LogP contribution is -2.50. The third-order valence-electron chi connectivity index (χ3n) is 6.18. The summed E-state index contributed by atoms with van der Waals surface area (Å²) in [5.41, 5.74) is 1.98. The van der Waals surface area contributed by atoms with Crippen molar-refractivity contribution in [1.29, 1.82) is 0 Å². The highest BCUT2D eigenvalue weighted by atomic mass is 16.8. The first-order valence-electron chi connectivity index (χ1n) is 7.85. The molecular weight excluding hydrogens is 252 g/mol. The molecule has 0 spiro atoms. The summed E-state index contributed by atoms with van der Waals surface area (Å²) in [6.07, 6.45) is 7.04. The third kappa shape index (κ3) is 1.90. The fourth-order valence-electron chi connectivity index (χ4n) is 5.26. The Bertz CT molecular complexity index is 414. The number of rotatable bonds is 2. The van der Waals surface area contributed by atoms with E-state index in [4.69, 9.17) is 14.2 Å². The first-order valence-corrected chi connectivity index (χ1v) is 7.85. The summed E-state index contributed by atoms with van der Waals surface area (Å²) in [6, 6.07) is 0. The van der Waals surface area contributed by atoms with Crippen molar-refractivity contribution in [2.45, 2.75) is 59.0 Å². The van der Waals surface area contributed by atoms with Gasteiger partial charge in [0.15, 0.2) is 12.6 Å². The second-order valence-corrected chi connectivity index (χ2v) is 7.63. The molecule has 2 fully saturated rings. The first kappa shape index (κ1) is 14.6. The third-order valence-corrected chi connectivity index (χ3v) is 6.18. The van der Waals surface area contributed by atoms with Gasteiger partial charge in [0, 0.05) is 20.1 Å². The van der Waals surface area contributed by atoms with E-state index in [9.17, 15) is 0 Å². The van der Waals surface area contributed by atoms with Gasteiger partial charge in [-0.1, -0.05) is 33.3 Å². The minimum absolute atomic E-state index is 0.159. The maximum atomic E-state index is 5.98. The van der Waals surface area contributed by atoms with Gasteiger partial charge in [0.2, 0.25) is 0 Å². The average molecular weight is 280 g/mol. The van der Waals surface area contributed by atoms with E-state index < -0.39 is 0 Å². The van der Waals surface area contributed by atoms with Gasteiger partial charge in [0.1, 0.15) is 0 Å². The molecule has 0 aromatic heterocycles. The summed E-state index contributed by atoms with van der Waals surface area (Å²) in [4.78, 5) is 0. The largest absolute Gasteiger partial charge is 0.355 e. The topological polar surface area (TPSA) is 27.7 Å². The molecule has 1 saturated heterocycles. The molecular formula is C17H28O3. The number of methoxy groups -OCH3 is 2. The molecule has 0 amide bonds. The van der Waals surface area contributed by atoms with Gasteiger partial charge in [-0.3, -0.25) is 0 Å². The Hall–Kier alpha value is -0.380. The fraction of sp³-hybridized carbons (Fsp3) is 0.882. The Morgan fingerprint density at radius 2 is 1.90 bits per heavy atom. The Morgan fingerprint density at radius 3 is 2.55 bits per heavy atom. The van der Waals surface area contributed by atoms with Gasteiger partial charge >= 0.3 is 0 Å². The Balaban J connectivity index is 2.02. The van der Waals surface area contributed by atoms with E-state index in [1.165, 1.54) is 24.8 Å². The molecule has 0 aromatic carbocycles. The second-order valence-electron chi connectivity index (χ2n) is 7.63. The van der Waals surface area contributed by atoms with E-state index in [2.05, 4.69) is 26.8 Å². The van der Waals surface area contributed by atoms with Crippen molar-refractivity contribution in [3.05, 3.63) is 11.6 Å². The van der Waals surface area contributed by atoms with Crippen molar-refractivity contribution in [2.75, 3.05) is 14.2 Å². The number of ether oxygens (including phenoxy) is 3. The minimum atomic E-state index is -0.215. The van der Waals surface area contributed by atoms with Crippen LogP contribution in [0.3, 0.4) is 0 Å². The minimum Gasteiger partial charge on any atom is -0.355 e. The van der Waals surface area contributed by atoms with Crippen LogP contribution >= 0.6 is 0 Å². The molecule has 3 rings (SSSR count). The molecule has 1 heterocycles. The molecule has 20 heavy (non-hydrogen) atoms. The molecule has 0 radical (unpaired) electrons. The van der Waals surface area contributed by atoms with Crippen molar-refractivity contribution < 1.29 is 14.2 Å². The molecule has 3 aliphatic rings. The van der Waals surface area contributed by atoms with E-state index in [0.29, 0.717) is 17.3 Å². The summed E-state index contributed by atoms with van der Waals surface area (Å²) in [5, 5.41) is 0. The standard InChI is InChI=1S/C17H28O3/c1-16(2)9-6-10-17(3)12(16)8-7-11-13(17)15(19-5)20-14(11)18-4/h7,12-15H,6,8-10H2,1-5H3/t12?,13?,14?,15?,17-/m0/s1. The zero-order chi connectivity index (χ0) is 14.5. The maximum absolute atomic E-state index is 5.98. The van der Waals surface area contributed by atoms with E-state index in [-0.39, 0.29) is 18.0 Å². The lowest BCUT2D eigenvalue weighted by molar-refractivity contribution is -0.205. The lowest BCUT2D eigenvalue weighted by atomic mass is 9.49. The highest BCUT2D eigenvalue weighted by Crippen LogP contribution is 2.62. The predicted molar refractivity (Wildman–Crippen MR) is 78.1 cm³/mol. The van der Waals surface area contributed by atoms with E-state index in [1.54, 1.807) is 14.2 Å². The Kier molecular flexibility index (Phi) is 3.51. The quantitative estimate of drug-likeness (QED) is 0.721. The Labute approximate surface area is 122 Å². The van der Waals surface area contributed by atoms with Crippen LogP contribution in [0.4, 0.5) is 0 Å². The summed E-state index contributed by atoms with van der Waals surface area (Å²) in [5.74, 6) is 1.05. The Morgan fingerprint density at radius 1 is 1.15 bits per heavy atom. The van der Waals surface area contributed by atoms with Crippen LogP contribution in [0.1, 0.15) is 46.5 Å². The second kappa shape index (κ2) is 4.82. The van der Waals surface area contributed by atoms with Crippen molar-refractivity contribution in [3.63, 3.8) is 0 Å². The number of allylic oxidation sites excluding steroid dienone is 1. The number of fused-ring (bicyclic) bond motifs is 3. The van der Waals surface area contributed by atoms with Crippen LogP contribution in [0.25, 0.3) is 0 Å². The molecule has 5 atom stereocenters. The summed E-state index contributed by atoms with van der Waals surface area (Å²) in [6.45, 7) is 7.31. The number of hydrogen-bond acceptors (Lipinski definition) is 3. The van der Waals surface area contributed by atoms with Gasteiger partial charge in [-0.05, 0) is 41.6 Å². The van der Waals surface area contributed by atoms with Crippen LogP contribution in [0, 0.1) is 22.7 Å².